The molecule has 0 aliphatic rings. The van der Waals surface area contributed by atoms with Gasteiger partial charge in [0.25, 0.3) is 0 Å². The molecule has 0 saturated heterocycles. The summed E-state index contributed by atoms with van der Waals surface area (Å²) in [5, 5.41) is 38.9. The molecule has 15 nitrogen and oxygen atoms in total. The van der Waals surface area contributed by atoms with Crippen LogP contribution < -0.4 is 21.3 Å². The van der Waals surface area contributed by atoms with Crippen molar-refractivity contribution in [1.82, 2.24) is 31.2 Å². The Labute approximate surface area is 425 Å². The molecule has 362 valence electrons. The van der Waals surface area contributed by atoms with E-state index in [0.29, 0.717) is 34.8 Å². The topological polar surface area (TPSA) is 199 Å². The molecule has 4 N–H and O–H groups in total. The van der Waals surface area contributed by atoms with Gasteiger partial charge in [0.15, 0.2) is 0 Å². The lowest BCUT2D eigenvalue weighted by Crippen LogP contribution is -2.49. The third-order valence-electron chi connectivity index (χ3n) is 11.2. The highest BCUT2D eigenvalue weighted by molar-refractivity contribution is 7.20. The van der Waals surface area contributed by atoms with E-state index in [-0.39, 0.29) is 18.5 Å². The maximum atomic E-state index is 14.0. The van der Waals surface area contributed by atoms with Gasteiger partial charge in [-0.3, -0.25) is 9.59 Å². The third kappa shape index (κ3) is 13.8. The molecule has 1 unspecified atom stereocenters. The van der Waals surface area contributed by atoms with Crippen molar-refractivity contribution in [3.05, 3.63) is 194 Å². The molecule has 0 spiro atoms. The van der Waals surface area contributed by atoms with Gasteiger partial charge in [-0.15, -0.1) is 45.3 Å². The van der Waals surface area contributed by atoms with E-state index in [9.17, 15) is 24.4 Å². The monoisotopic (exact) mass is 1020 g/mol. The molecule has 0 aliphatic carbocycles. The first-order valence-corrected chi connectivity index (χ1v) is 25.9. The molecule has 8 rings (SSSR count). The fourth-order valence-corrected chi connectivity index (χ4v) is 10.9. The number of hydrogen-bond donors (Lipinski definition) is 4. The standard InChI is InChI=1S/C52H48N8O7S4/c1-66-51(63)57-41(29-33-11-5-3-6-12-33)47(61)53-39(43-31-70-49(55-43)45-15-9-25-68-45)27-35-17-21-37(22-18-35)59-60(65)38-23-19-36(20-24-38)28-40(44-32-71-50(56-44)46-16-10-26-69-46)54-48(62)42(58-52(64)67-2)30-34-13-7-4-8-14-34/h3-26,31-32,39-42H,27-30H2,1-2H3,(H,53,61)(H,54,62)(H,57,63)(H,58,64)/t39-,40?,41-,42-/m0/s1. The van der Waals surface area contributed by atoms with Crippen molar-refractivity contribution >= 4 is 80.7 Å². The Morgan fingerprint density at radius 1 is 0.535 bits per heavy atom. The summed E-state index contributed by atoms with van der Waals surface area (Å²) in [6.07, 6.45) is -0.281. The van der Waals surface area contributed by atoms with Crippen molar-refractivity contribution < 1.29 is 33.5 Å². The van der Waals surface area contributed by atoms with E-state index >= 15 is 0 Å². The second-order valence-electron chi connectivity index (χ2n) is 16.1. The van der Waals surface area contributed by atoms with Crippen LogP contribution in [-0.2, 0) is 44.7 Å². The van der Waals surface area contributed by atoms with Gasteiger partial charge in [-0.2, -0.15) is 0 Å². The first-order valence-electron chi connectivity index (χ1n) is 22.3. The zero-order chi connectivity index (χ0) is 49.5. The number of nitrogens with one attached hydrogen (secondary N) is 4. The van der Waals surface area contributed by atoms with E-state index in [1.807, 2.05) is 119 Å². The van der Waals surface area contributed by atoms with E-state index < -0.39 is 48.2 Å². The number of hydrogen-bond acceptors (Lipinski definition) is 14. The third-order valence-corrected chi connectivity index (χ3v) is 15.0. The Bertz CT molecular complexity index is 3020. The van der Waals surface area contributed by atoms with E-state index in [0.717, 1.165) is 42.0 Å². The summed E-state index contributed by atoms with van der Waals surface area (Å²) in [5.74, 6) is -0.809. The van der Waals surface area contributed by atoms with E-state index in [2.05, 4.69) is 26.4 Å². The second kappa shape index (κ2) is 24.3. The molecular formula is C52H48N8O7S4. The molecule has 0 saturated carbocycles. The number of amides is 4. The predicted octanol–water partition coefficient (Wildman–Crippen LogP) is 10.7. The number of thiophene rings is 2. The zero-order valence-electron chi connectivity index (χ0n) is 38.4. The predicted molar refractivity (Wildman–Crippen MR) is 277 cm³/mol. The Morgan fingerprint density at radius 2 is 0.958 bits per heavy atom. The first kappa shape index (κ1) is 49.8. The fraction of sp³-hybridized carbons (Fsp3) is 0.192. The number of carbonyl (C=O) groups is 4. The number of methoxy groups -OCH3 is 2. The van der Waals surface area contributed by atoms with Crippen LogP contribution in [0.1, 0.15) is 45.7 Å². The molecule has 4 heterocycles. The molecule has 0 radical (unpaired) electrons. The van der Waals surface area contributed by atoms with Crippen LogP contribution in [-0.4, -0.2) is 65.1 Å². The summed E-state index contributed by atoms with van der Waals surface area (Å²) in [4.78, 5) is 65.1. The molecule has 0 aliphatic heterocycles. The first-order chi connectivity index (χ1) is 34.6. The van der Waals surface area contributed by atoms with Crippen LogP contribution in [0.15, 0.2) is 160 Å². The summed E-state index contributed by atoms with van der Waals surface area (Å²) >= 11 is 6.11. The summed E-state index contributed by atoms with van der Waals surface area (Å²) in [6.45, 7) is 0. The van der Waals surface area contributed by atoms with Gasteiger partial charge < -0.3 is 35.9 Å². The number of rotatable bonds is 20. The van der Waals surface area contributed by atoms with Crippen LogP contribution in [0.25, 0.3) is 19.8 Å². The fourth-order valence-electron chi connectivity index (χ4n) is 7.54. The van der Waals surface area contributed by atoms with Crippen LogP contribution >= 0.6 is 45.3 Å². The summed E-state index contributed by atoms with van der Waals surface area (Å²) in [5.41, 5.74) is 5.40. The second-order valence-corrected chi connectivity index (χ2v) is 19.7. The molecule has 4 aromatic carbocycles. The zero-order valence-corrected chi connectivity index (χ0v) is 41.7. The van der Waals surface area contributed by atoms with Gasteiger partial charge in [-0.25, -0.2) is 19.6 Å². The van der Waals surface area contributed by atoms with Crippen LogP contribution in [0.2, 0.25) is 0 Å². The highest BCUT2D eigenvalue weighted by atomic mass is 32.1. The van der Waals surface area contributed by atoms with Gasteiger partial charge in [-0.1, -0.05) is 102 Å². The minimum absolute atomic E-state index is 0.238. The summed E-state index contributed by atoms with van der Waals surface area (Å²) < 4.78 is 9.70. The van der Waals surface area contributed by atoms with Crippen molar-refractivity contribution in [2.75, 3.05) is 14.2 Å². The Balaban J connectivity index is 0.973. The van der Waals surface area contributed by atoms with Gasteiger partial charge in [0.05, 0.1) is 47.4 Å². The normalized spacial score (nSPS) is 13.0. The summed E-state index contributed by atoms with van der Waals surface area (Å²) in [6, 6.07) is 37.8. The molecule has 0 fully saturated rings. The van der Waals surface area contributed by atoms with Gasteiger partial charge in [0, 0.05) is 40.8 Å². The smallest absolute Gasteiger partial charge is 0.407 e. The van der Waals surface area contributed by atoms with Crippen molar-refractivity contribution in [3.63, 3.8) is 0 Å². The van der Waals surface area contributed by atoms with Crippen LogP contribution in [0.3, 0.4) is 0 Å². The van der Waals surface area contributed by atoms with Crippen LogP contribution in [0.4, 0.5) is 21.0 Å². The molecule has 0 bridgehead atoms. The van der Waals surface area contributed by atoms with Crippen LogP contribution in [0.5, 0.6) is 0 Å². The SMILES string of the molecule is COC(=O)N[C@@H](Cc1ccccc1)C(=O)NC(Cc1ccc([N+]([O-])=Nc2ccc(C[C@H](NC(=O)[C@H](Cc3ccccc3)NC(=O)OC)c3csc(-c4cccs4)n3)cc2)cc1)c1csc(-c2cccs2)n1. The molecule has 71 heavy (non-hydrogen) atoms. The Hall–Kier alpha value is -7.58. The minimum atomic E-state index is -0.931. The van der Waals surface area contributed by atoms with Gasteiger partial charge >= 0.3 is 12.2 Å². The largest absolute Gasteiger partial charge is 0.594 e. The number of thiazole rings is 2. The molecule has 8 aromatic rings. The van der Waals surface area contributed by atoms with Gasteiger partial charge in [0.2, 0.25) is 17.5 Å². The average Bonchev–Trinajstić information content (AvgIpc) is 4.26. The summed E-state index contributed by atoms with van der Waals surface area (Å²) in [7, 11) is 2.50. The number of azo groups is 1. The van der Waals surface area contributed by atoms with Crippen molar-refractivity contribution in [1.29, 1.82) is 0 Å². The highest BCUT2D eigenvalue weighted by Crippen LogP contribution is 2.33. The Kier molecular flexibility index (Phi) is 17.1. The van der Waals surface area contributed by atoms with Crippen LogP contribution in [0, 0.1) is 5.21 Å². The molecule has 4 atom stereocenters. The number of alkyl carbamates (subject to hydrolysis) is 2. The number of benzene rings is 4. The number of aromatic nitrogens is 2. The van der Waals surface area contributed by atoms with Crippen molar-refractivity contribution in [3.8, 4) is 19.8 Å². The minimum Gasteiger partial charge on any atom is -0.594 e. The van der Waals surface area contributed by atoms with E-state index in [4.69, 9.17) is 19.4 Å². The average molecular weight is 1030 g/mol. The van der Waals surface area contributed by atoms with Crippen molar-refractivity contribution in [2.24, 2.45) is 5.11 Å². The lowest BCUT2D eigenvalue weighted by molar-refractivity contribution is -0.435. The maximum Gasteiger partial charge on any atom is 0.407 e. The number of ether oxygens (including phenoxy) is 2. The lowest BCUT2D eigenvalue weighted by Gasteiger charge is -2.23. The molecule has 19 heteroatoms. The van der Waals surface area contributed by atoms with E-state index in [1.165, 1.54) is 36.9 Å². The van der Waals surface area contributed by atoms with Gasteiger partial charge in [-0.05, 0) is 70.1 Å². The lowest BCUT2D eigenvalue weighted by atomic mass is 10.0. The number of nitrogens with zero attached hydrogens (tertiary/aromatic N) is 4. The maximum absolute atomic E-state index is 14.0. The quantitative estimate of drug-likeness (QED) is 0.0326. The van der Waals surface area contributed by atoms with Crippen molar-refractivity contribution in [2.45, 2.75) is 49.9 Å². The molecule has 4 amide bonds. The highest BCUT2D eigenvalue weighted by Gasteiger charge is 2.29. The molecular weight excluding hydrogens is 977 g/mol. The number of carbonyl (C=O) groups excluding carboxylic acids is 4. The van der Waals surface area contributed by atoms with E-state index in [1.54, 1.807) is 59.1 Å². The molecule has 4 aromatic heterocycles. The van der Waals surface area contributed by atoms with Gasteiger partial charge in [0.1, 0.15) is 27.8 Å². The Morgan fingerprint density at radius 3 is 1.37 bits per heavy atom.